The maximum absolute atomic E-state index is 13.3. The summed E-state index contributed by atoms with van der Waals surface area (Å²) in [6.45, 7) is 1.78. The number of sulfonamides is 1. The van der Waals surface area contributed by atoms with Gasteiger partial charge in [-0.2, -0.15) is 0 Å². The van der Waals surface area contributed by atoms with Crippen molar-refractivity contribution in [3.63, 3.8) is 0 Å². The van der Waals surface area contributed by atoms with Crippen LogP contribution >= 0.6 is 31.9 Å². The van der Waals surface area contributed by atoms with E-state index >= 15 is 0 Å². The van der Waals surface area contributed by atoms with Gasteiger partial charge in [0.2, 0.25) is 0 Å². The summed E-state index contributed by atoms with van der Waals surface area (Å²) in [7, 11) is -3.94. The van der Waals surface area contributed by atoms with E-state index in [9.17, 15) is 12.8 Å². The molecule has 9 heteroatoms. The molecule has 0 unspecified atom stereocenters. The van der Waals surface area contributed by atoms with E-state index in [0.717, 1.165) is 17.7 Å². The molecule has 1 heterocycles. The number of pyridine rings is 1. The Morgan fingerprint density at radius 1 is 1.29 bits per heavy atom. The van der Waals surface area contributed by atoms with Gasteiger partial charge in [0.1, 0.15) is 15.3 Å². The monoisotopic (exact) mass is 437 g/mol. The predicted molar refractivity (Wildman–Crippen MR) is 86.0 cm³/mol. The van der Waals surface area contributed by atoms with Crippen LogP contribution in [0.1, 0.15) is 5.56 Å². The Balaban J connectivity index is 2.43. The van der Waals surface area contributed by atoms with Crippen LogP contribution in [0, 0.1) is 12.7 Å². The van der Waals surface area contributed by atoms with E-state index in [-0.39, 0.29) is 20.7 Å². The number of nitrogens with two attached hydrogens (primary N) is 1. The molecule has 0 bridgehead atoms. The second kappa shape index (κ2) is 5.90. The predicted octanol–water partition coefficient (Wildman–Crippen LogP) is 3.44. The van der Waals surface area contributed by atoms with Crippen molar-refractivity contribution in [2.24, 2.45) is 0 Å². The number of rotatable bonds is 3. The fourth-order valence-electron chi connectivity index (χ4n) is 1.60. The van der Waals surface area contributed by atoms with Crippen LogP contribution in [0.2, 0.25) is 0 Å². The molecule has 0 aliphatic carbocycles. The highest BCUT2D eigenvalue weighted by molar-refractivity contribution is 9.10. The Labute approximate surface area is 138 Å². The van der Waals surface area contributed by atoms with Gasteiger partial charge in [-0.05, 0) is 62.5 Å². The third-order valence-electron chi connectivity index (χ3n) is 2.61. The molecule has 5 nitrogen and oxygen atoms in total. The number of halogens is 3. The van der Waals surface area contributed by atoms with Crippen molar-refractivity contribution in [2.75, 3.05) is 10.5 Å². The Morgan fingerprint density at radius 2 is 1.95 bits per heavy atom. The SMILES string of the molecule is Cc1cc(NS(=O)(=O)c2cc(Br)c(F)cc2N)cnc1Br. The summed E-state index contributed by atoms with van der Waals surface area (Å²) < 4.78 is 40.9. The maximum atomic E-state index is 13.3. The smallest absolute Gasteiger partial charge is 0.264 e. The van der Waals surface area contributed by atoms with E-state index in [2.05, 4.69) is 41.6 Å². The van der Waals surface area contributed by atoms with Gasteiger partial charge in [-0.3, -0.25) is 4.72 Å². The fourth-order valence-corrected chi connectivity index (χ4v) is 3.49. The first-order valence-electron chi connectivity index (χ1n) is 5.60. The first-order chi connectivity index (χ1) is 9.70. The lowest BCUT2D eigenvalue weighted by molar-refractivity contribution is 0.599. The van der Waals surface area contributed by atoms with Gasteiger partial charge in [0.05, 0.1) is 22.0 Å². The van der Waals surface area contributed by atoms with Gasteiger partial charge < -0.3 is 5.73 Å². The molecule has 21 heavy (non-hydrogen) atoms. The topological polar surface area (TPSA) is 85.1 Å². The Bertz CT molecular complexity index is 812. The van der Waals surface area contributed by atoms with Crippen molar-refractivity contribution in [1.82, 2.24) is 4.98 Å². The summed E-state index contributed by atoms with van der Waals surface area (Å²) in [6, 6.07) is 3.68. The number of nitrogen functional groups attached to an aromatic ring is 1. The summed E-state index contributed by atoms with van der Waals surface area (Å²) in [5.74, 6) is -0.632. The van der Waals surface area contributed by atoms with E-state index in [4.69, 9.17) is 5.73 Å². The van der Waals surface area contributed by atoms with Crippen molar-refractivity contribution in [3.05, 3.63) is 44.9 Å². The number of nitrogens with one attached hydrogen (secondary N) is 1. The lowest BCUT2D eigenvalue weighted by Gasteiger charge is -2.11. The van der Waals surface area contributed by atoms with Crippen molar-refractivity contribution in [1.29, 1.82) is 0 Å². The van der Waals surface area contributed by atoms with E-state index < -0.39 is 15.8 Å². The number of aryl methyl sites for hydroxylation is 1. The standard InChI is InChI=1S/C12H10Br2FN3O2S/c1-6-2-7(5-17-12(6)14)18-21(19,20)11-3-8(13)9(15)4-10(11)16/h2-5,18H,16H2,1H3. The summed E-state index contributed by atoms with van der Waals surface area (Å²) in [6.07, 6.45) is 1.36. The molecule has 1 aromatic heterocycles. The molecular formula is C12H10Br2FN3O2S. The third kappa shape index (κ3) is 3.53. The highest BCUT2D eigenvalue weighted by atomic mass is 79.9. The molecule has 3 N–H and O–H groups in total. The van der Waals surface area contributed by atoms with Gasteiger partial charge in [-0.1, -0.05) is 0 Å². The summed E-state index contributed by atoms with van der Waals surface area (Å²) in [4.78, 5) is 3.79. The number of nitrogens with zero attached hydrogens (tertiary/aromatic N) is 1. The molecule has 1 aromatic carbocycles. The van der Waals surface area contributed by atoms with Crippen LogP contribution < -0.4 is 10.5 Å². The Hall–Kier alpha value is -1.19. The molecule has 0 radical (unpaired) electrons. The highest BCUT2D eigenvalue weighted by Crippen LogP contribution is 2.28. The molecule has 0 aliphatic rings. The average molecular weight is 439 g/mol. The zero-order chi connectivity index (χ0) is 15.8. The van der Waals surface area contributed by atoms with Crippen molar-refractivity contribution in [2.45, 2.75) is 11.8 Å². The average Bonchev–Trinajstić information content (AvgIpc) is 2.37. The van der Waals surface area contributed by atoms with Crippen LogP contribution in [0.15, 0.2) is 38.4 Å². The minimum Gasteiger partial charge on any atom is -0.398 e. The van der Waals surface area contributed by atoms with E-state index in [0.29, 0.717) is 4.60 Å². The zero-order valence-electron chi connectivity index (χ0n) is 10.7. The lowest BCUT2D eigenvalue weighted by Crippen LogP contribution is -2.15. The number of aromatic nitrogens is 1. The Morgan fingerprint density at radius 3 is 2.57 bits per heavy atom. The molecule has 2 aromatic rings. The van der Waals surface area contributed by atoms with E-state index in [1.165, 1.54) is 6.20 Å². The number of anilines is 2. The van der Waals surface area contributed by atoms with Crippen LogP contribution in [0.3, 0.4) is 0 Å². The van der Waals surface area contributed by atoms with Crippen LogP contribution in [0.25, 0.3) is 0 Å². The van der Waals surface area contributed by atoms with Crippen molar-refractivity contribution >= 4 is 53.3 Å². The van der Waals surface area contributed by atoms with Gasteiger partial charge in [-0.15, -0.1) is 0 Å². The minimum absolute atomic E-state index is 0.0159. The molecule has 0 aliphatic heterocycles. The zero-order valence-corrected chi connectivity index (χ0v) is 14.7. The molecule has 0 spiro atoms. The molecule has 0 atom stereocenters. The Kier molecular flexibility index (Phi) is 4.54. The minimum atomic E-state index is -3.94. The molecule has 0 amide bonds. The van der Waals surface area contributed by atoms with Crippen LogP contribution in [-0.2, 0) is 10.0 Å². The van der Waals surface area contributed by atoms with Gasteiger partial charge in [0, 0.05) is 0 Å². The van der Waals surface area contributed by atoms with Gasteiger partial charge in [0.25, 0.3) is 10.0 Å². The molecule has 0 saturated heterocycles. The van der Waals surface area contributed by atoms with Gasteiger partial charge in [-0.25, -0.2) is 17.8 Å². The maximum Gasteiger partial charge on any atom is 0.264 e. The number of hydrogen-bond acceptors (Lipinski definition) is 4. The first kappa shape index (κ1) is 16.2. The fraction of sp³-hybridized carbons (Fsp3) is 0.0833. The summed E-state index contributed by atoms with van der Waals surface area (Å²) in [5, 5.41) is 0. The third-order valence-corrected chi connectivity index (χ3v) is 5.48. The van der Waals surface area contributed by atoms with E-state index in [1.807, 2.05) is 0 Å². The van der Waals surface area contributed by atoms with Crippen LogP contribution in [0.5, 0.6) is 0 Å². The number of hydrogen-bond donors (Lipinski definition) is 2. The summed E-state index contributed by atoms with van der Waals surface area (Å²) in [5.41, 5.74) is 6.46. The van der Waals surface area contributed by atoms with Gasteiger partial charge in [0.15, 0.2) is 0 Å². The van der Waals surface area contributed by atoms with Crippen LogP contribution in [0.4, 0.5) is 15.8 Å². The molecule has 2 rings (SSSR count). The molecular weight excluding hydrogens is 429 g/mol. The molecule has 0 fully saturated rings. The molecule has 0 saturated carbocycles. The second-order valence-corrected chi connectivity index (χ2v) is 7.50. The quantitative estimate of drug-likeness (QED) is 0.567. The summed E-state index contributed by atoms with van der Waals surface area (Å²) >= 11 is 6.16. The normalized spacial score (nSPS) is 11.4. The molecule has 112 valence electrons. The van der Waals surface area contributed by atoms with E-state index in [1.54, 1.807) is 13.0 Å². The van der Waals surface area contributed by atoms with Crippen LogP contribution in [-0.4, -0.2) is 13.4 Å². The van der Waals surface area contributed by atoms with Crippen molar-refractivity contribution < 1.29 is 12.8 Å². The lowest BCUT2D eigenvalue weighted by atomic mass is 10.3. The number of benzene rings is 1. The van der Waals surface area contributed by atoms with Crippen molar-refractivity contribution in [3.8, 4) is 0 Å². The first-order valence-corrected chi connectivity index (χ1v) is 8.67. The highest BCUT2D eigenvalue weighted by Gasteiger charge is 2.20. The largest absolute Gasteiger partial charge is 0.398 e. The van der Waals surface area contributed by atoms with Gasteiger partial charge >= 0.3 is 0 Å². The second-order valence-electron chi connectivity index (χ2n) is 4.24.